The van der Waals surface area contributed by atoms with E-state index in [0.717, 1.165) is 12.0 Å². The topological polar surface area (TPSA) is 69.9 Å². The molecular weight excluding hydrogens is 268 g/mol. The van der Waals surface area contributed by atoms with Crippen LogP contribution in [0, 0.1) is 6.92 Å². The number of aryl methyl sites for hydroxylation is 2. The lowest BCUT2D eigenvalue weighted by Crippen LogP contribution is -2.09. The van der Waals surface area contributed by atoms with E-state index in [2.05, 4.69) is 15.5 Å². The second-order valence-electron chi connectivity index (χ2n) is 4.67. The molecule has 0 amide bonds. The average Bonchev–Trinajstić information content (AvgIpc) is 2.92. The summed E-state index contributed by atoms with van der Waals surface area (Å²) in [6, 6.07) is 7.87. The van der Waals surface area contributed by atoms with E-state index in [0.29, 0.717) is 12.4 Å². The summed E-state index contributed by atoms with van der Waals surface area (Å²) in [5, 5.41) is 11.2. The predicted molar refractivity (Wildman–Crippen MR) is 78.1 cm³/mol. The number of aromatic nitrogens is 4. The van der Waals surface area contributed by atoms with Crippen molar-refractivity contribution in [2.75, 3.05) is 0 Å². The number of carbonyl (C=O) groups excluding carboxylic acids is 1. The Bertz CT molecular complexity index is 617. The molecule has 0 aliphatic heterocycles. The zero-order valence-electron chi connectivity index (χ0n) is 12.2. The summed E-state index contributed by atoms with van der Waals surface area (Å²) < 4.78 is 6.77. The van der Waals surface area contributed by atoms with Crippen LogP contribution in [-0.2, 0) is 22.7 Å². The SMILES string of the molecule is CCCn1nnnc1COC(=O)/C=C/c1ccc(C)cc1. The fourth-order valence-electron chi connectivity index (χ4n) is 1.74. The Morgan fingerprint density at radius 3 is 2.81 bits per heavy atom. The molecule has 2 rings (SSSR count). The van der Waals surface area contributed by atoms with Gasteiger partial charge in [-0.15, -0.1) is 5.10 Å². The summed E-state index contributed by atoms with van der Waals surface area (Å²) in [5.41, 5.74) is 2.13. The summed E-state index contributed by atoms with van der Waals surface area (Å²) in [6.07, 6.45) is 4.04. The number of carbonyl (C=O) groups is 1. The second kappa shape index (κ2) is 7.33. The zero-order valence-corrected chi connectivity index (χ0v) is 12.2. The highest BCUT2D eigenvalue weighted by molar-refractivity contribution is 5.86. The molecule has 0 N–H and O–H groups in total. The first kappa shape index (κ1) is 14.9. The molecule has 0 atom stereocenters. The Labute approximate surface area is 123 Å². The molecule has 110 valence electrons. The third kappa shape index (κ3) is 4.52. The Hall–Kier alpha value is -2.50. The molecule has 21 heavy (non-hydrogen) atoms. The van der Waals surface area contributed by atoms with Crippen molar-refractivity contribution in [3.63, 3.8) is 0 Å². The molecule has 0 aliphatic rings. The van der Waals surface area contributed by atoms with Crippen LogP contribution in [0.4, 0.5) is 0 Å². The largest absolute Gasteiger partial charge is 0.454 e. The van der Waals surface area contributed by atoms with Crippen LogP contribution in [0.15, 0.2) is 30.3 Å². The number of hydrogen-bond acceptors (Lipinski definition) is 5. The van der Waals surface area contributed by atoms with Crippen molar-refractivity contribution in [3.8, 4) is 0 Å². The zero-order chi connectivity index (χ0) is 15.1. The van der Waals surface area contributed by atoms with Gasteiger partial charge in [-0.2, -0.15) is 0 Å². The smallest absolute Gasteiger partial charge is 0.331 e. The second-order valence-corrected chi connectivity index (χ2v) is 4.67. The van der Waals surface area contributed by atoms with Crippen LogP contribution in [0.25, 0.3) is 6.08 Å². The summed E-state index contributed by atoms with van der Waals surface area (Å²) in [6.45, 7) is 4.83. The van der Waals surface area contributed by atoms with Gasteiger partial charge in [-0.25, -0.2) is 9.48 Å². The van der Waals surface area contributed by atoms with Gasteiger partial charge in [0.2, 0.25) is 0 Å². The van der Waals surface area contributed by atoms with Crippen molar-refractivity contribution >= 4 is 12.0 Å². The van der Waals surface area contributed by atoms with Gasteiger partial charge in [0.15, 0.2) is 12.4 Å². The van der Waals surface area contributed by atoms with E-state index in [-0.39, 0.29) is 6.61 Å². The van der Waals surface area contributed by atoms with Crippen LogP contribution in [-0.4, -0.2) is 26.2 Å². The van der Waals surface area contributed by atoms with Gasteiger partial charge >= 0.3 is 5.97 Å². The Morgan fingerprint density at radius 1 is 1.33 bits per heavy atom. The number of esters is 1. The van der Waals surface area contributed by atoms with Crippen LogP contribution in [0.2, 0.25) is 0 Å². The minimum Gasteiger partial charge on any atom is -0.454 e. The number of nitrogens with zero attached hydrogens (tertiary/aromatic N) is 4. The molecule has 6 heteroatoms. The van der Waals surface area contributed by atoms with Gasteiger partial charge in [0, 0.05) is 12.6 Å². The van der Waals surface area contributed by atoms with Crippen LogP contribution in [0.5, 0.6) is 0 Å². The Morgan fingerprint density at radius 2 is 2.10 bits per heavy atom. The fourth-order valence-corrected chi connectivity index (χ4v) is 1.74. The van der Waals surface area contributed by atoms with Crippen molar-refractivity contribution < 1.29 is 9.53 Å². The first-order valence-electron chi connectivity index (χ1n) is 6.85. The third-order valence-corrected chi connectivity index (χ3v) is 2.87. The van der Waals surface area contributed by atoms with Crippen LogP contribution in [0.3, 0.4) is 0 Å². The minimum absolute atomic E-state index is 0.0735. The summed E-state index contributed by atoms with van der Waals surface area (Å²) in [5.74, 6) is 0.135. The van der Waals surface area contributed by atoms with E-state index in [1.807, 2.05) is 38.1 Å². The lowest BCUT2D eigenvalue weighted by Gasteiger charge is -2.02. The quantitative estimate of drug-likeness (QED) is 0.601. The normalized spacial score (nSPS) is 11.0. The summed E-state index contributed by atoms with van der Waals surface area (Å²) in [7, 11) is 0. The van der Waals surface area contributed by atoms with Gasteiger partial charge in [-0.05, 0) is 35.4 Å². The van der Waals surface area contributed by atoms with E-state index in [9.17, 15) is 4.79 Å². The lowest BCUT2D eigenvalue weighted by atomic mass is 10.1. The molecule has 1 heterocycles. The van der Waals surface area contributed by atoms with Crippen molar-refractivity contribution in [3.05, 3.63) is 47.3 Å². The van der Waals surface area contributed by atoms with Gasteiger partial charge in [0.1, 0.15) is 0 Å². The number of rotatable bonds is 6. The van der Waals surface area contributed by atoms with Crippen molar-refractivity contribution in [1.82, 2.24) is 20.2 Å². The monoisotopic (exact) mass is 286 g/mol. The standard InChI is InChI=1S/C15H18N4O2/c1-3-10-19-14(16-17-18-19)11-21-15(20)9-8-13-6-4-12(2)5-7-13/h4-9H,3,10-11H2,1-2H3/b9-8+. The molecule has 1 aromatic carbocycles. The first-order chi connectivity index (χ1) is 10.2. The highest BCUT2D eigenvalue weighted by Gasteiger charge is 2.07. The lowest BCUT2D eigenvalue weighted by molar-refractivity contribution is -0.139. The van der Waals surface area contributed by atoms with E-state index in [4.69, 9.17) is 4.74 Å². The highest BCUT2D eigenvalue weighted by atomic mass is 16.5. The molecule has 0 fully saturated rings. The molecule has 2 aromatic rings. The molecule has 1 aromatic heterocycles. The van der Waals surface area contributed by atoms with Crippen LogP contribution >= 0.6 is 0 Å². The van der Waals surface area contributed by atoms with Gasteiger partial charge < -0.3 is 4.74 Å². The summed E-state index contributed by atoms with van der Waals surface area (Å²) in [4.78, 5) is 11.7. The minimum atomic E-state index is -0.415. The molecule has 0 saturated heterocycles. The van der Waals surface area contributed by atoms with E-state index in [1.165, 1.54) is 11.6 Å². The molecule has 6 nitrogen and oxygen atoms in total. The van der Waals surface area contributed by atoms with Crippen LogP contribution < -0.4 is 0 Å². The number of tetrazole rings is 1. The van der Waals surface area contributed by atoms with Crippen molar-refractivity contribution in [1.29, 1.82) is 0 Å². The Balaban J connectivity index is 1.87. The van der Waals surface area contributed by atoms with Crippen molar-refractivity contribution in [2.45, 2.75) is 33.4 Å². The van der Waals surface area contributed by atoms with Gasteiger partial charge in [-0.1, -0.05) is 36.8 Å². The highest BCUT2D eigenvalue weighted by Crippen LogP contribution is 2.05. The summed E-state index contributed by atoms with van der Waals surface area (Å²) >= 11 is 0. The first-order valence-corrected chi connectivity index (χ1v) is 6.85. The predicted octanol–water partition coefficient (Wildman–Crippen LogP) is 2.15. The third-order valence-electron chi connectivity index (χ3n) is 2.87. The molecular formula is C15H18N4O2. The average molecular weight is 286 g/mol. The number of hydrogen-bond donors (Lipinski definition) is 0. The number of ether oxygens (including phenoxy) is 1. The van der Waals surface area contributed by atoms with Crippen LogP contribution in [0.1, 0.15) is 30.3 Å². The maximum absolute atomic E-state index is 11.7. The number of benzene rings is 1. The molecule has 0 spiro atoms. The maximum Gasteiger partial charge on any atom is 0.331 e. The molecule has 0 radical (unpaired) electrons. The molecule has 0 saturated carbocycles. The Kier molecular flexibility index (Phi) is 5.20. The van der Waals surface area contributed by atoms with Gasteiger partial charge in [-0.3, -0.25) is 0 Å². The van der Waals surface area contributed by atoms with Gasteiger partial charge in [0.05, 0.1) is 0 Å². The molecule has 0 aliphatic carbocycles. The van der Waals surface area contributed by atoms with E-state index < -0.39 is 5.97 Å². The van der Waals surface area contributed by atoms with E-state index >= 15 is 0 Å². The maximum atomic E-state index is 11.7. The van der Waals surface area contributed by atoms with Crippen molar-refractivity contribution in [2.24, 2.45) is 0 Å². The van der Waals surface area contributed by atoms with E-state index in [1.54, 1.807) is 10.8 Å². The fraction of sp³-hybridized carbons (Fsp3) is 0.333. The molecule has 0 unspecified atom stereocenters. The van der Waals surface area contributed by atoms with Gasteiger partial charge in [0.25, 0.3) is 0 Å². The molecule has 0 bridgehead atoms.